The summed E-state index contributed by atoms with van der Waals surface area (Å²) in [6, 6.07) is 1.47. The van der Waals surface area contributed by atoms with Gasteiger partial charge in [0.05, 0.1) is 18.9 Å². The molecule has 0 unspecified atom stereocenters. The molecule has 1 aliphatic rings. The Labute approximate surface area is 85.4 Å². The SMILES string of the molecule is Cn1nc(OC(N)=O)cc1C1(O)COC1. The van der Waals surface area contributed by atoms with Crippen LogP contribution < -0.4 is 10.5 Å². The standard InChI is InChI=1S/C8H11N3O4/c1-11-5(8(13)3-14-4-8)2-6(10-11)15-7(9)12/h2,13H,3-4H2,1H3,(H2,9,12). The molecular weight excluding hydrogens is 202 g/mol. The maximum absolute atomic E-state index is 10.5. The molecule has 3 N–H and O–H groups in total. The van der Waals surface area contributed by atoms with Crippen molar-refractivity contribution in [1.82, 2.24) is 9.78 Å². The predicted molar refractivity (Wildman–Crippen MR) is 48.1 cm³/mol. The molecule has 0 aliphatic carbocycles. The summed E-state index contributed by atoms with van der Waals surface area (Å²) in [5.41, 5.74) is 4.33. The van der Waals surface area contributed by atoms with Gasteiger partial charge in [0.15, 0.2) is 5.60 Å². The highest BCUT2D eigenvalue weighted by Gasteiger charge is 2.41. The Morgan fingerprint density at radius 1 is 1.80 bits per heavy atom. The van der Waals surface area contributed by atoms with Gasteiger partial charge in [-0.15, -0.1) is 5.10 Å². The van der Waals surface area contributed by atoms with Crippen molar-refractivity contribution < 1.29 is 19.4 Å². The van der Waals surface area contributed by atoms with Crippen molar-refractivity contribution in [2.45, 2.75) is 5.60 Å². The molecule has 15 heavy (non-hydrogen) atoms. The number of amides is 1. The second-order valence-electron chi connectivity index (χ2n) is 3.44. The molecule has 1 aliphatic heterocycles. The lowest BCUT2D eigenvalue weighted by atomic mass is 9.98. The summed E-state index contributed by atoms with van der Waals surface area (Å²) in [5.74, 6) is 0.0697. The Morgan fingerprint density at radius 3 is 2.93 bits per heavy atom. The fourth-order valence-electron chi connectivity index (χ4n) is 1.47. The van der Waals surface area contributed by atoms with Crippen molar-refractivity contribution >= 4 is 6.09 Å². The summed E-state index contributed by atoms with van der Waals surface area (Å²) < 4.78 is 10.9. The molecule has 0 atom stereocenters. The Morgan fingerprint density at radius 2 is 2.47 bits per heavy atom. The molecule has 7 nitrogen and oxygen atoms in total. The van der Waals surface area contributed by atoms with E-state index in [0.717, 1.165) is 0 Å². The number of ether oxygens (including phenoxy) is 2. The van der Waals surface area contributed by atoms with Crippen LogP contribution in [0.15, 0.2) is 6.07 Å². The van der Waals surface area contributed by atoms with Gasteiger partial charge < -0.3 is 20.3 Å². The normalized spacial score (nSPS) is 18.3. The molecule has 1 saturated heterocycles. The van der Waals surface area contributed by atoms with Crippen LogP contribution in [0.3, 0.4) is 0 Å². The highest BCUT2D eigenvalue weighted by Crippen LogP contribution is 2.30. The number of nitrogens with two attached hydrogens (primary N) is 1. The first kappa shape index (κ1) is 9.94. The molecule has 7 heteroatoms. The number of primary amides is 1. The first-order valence-corrected chi connectivity index (χ1v) is 4.33. The van der Waals surface area contributed by atoms with Crippen LogP contribution in [0.2, 0.25) is 0 Å². The lowest BCUT2D eigenvalue weighted by Crippen LogP contribution is -2.47. The van der Waals surface area contributed by atoms with Gasteiger partial charge in [0, 0.05) is 13.1 Å². The fraction of sp³-hybridized carbons (Fsp3) is 0.500. The topological polar surface area (TPSA) is 99.6 Å². The molecule has 0 radical (unpaired) electrons. The van der Waals surface area contributed by atoms with E-state index in [0.29, 0.717) is 5.69 Å². The molecule has 82 valence electrons. The van der Waals surface area contributed by atoms with Crippen molar-refractivity contribution in [2.75, 3.05) is 13.2 Å². The number of aliphatic hydroxyl groups is 1. The minimum absolute atomic E-state index is 0.0697. The average Bonchev–Trinajstić information content (AvgIpc) is 2.42. The number of aromatic nitrogens is 2. The van der Waals surface area contributed by atoms with Gasteiger partial charge in [-0.25, -0.2) is 4.79 Å². The highest BCUT2D eigenvalue weighted by molar-refractivity contribution is 5.67. The third-order valence-corrected chi connectivity index (χ3v) is 2.22. The molecular formula is C8H11N3O4. The van der Waals surface area contributed by atoms with E-state index in [2.05, 4.69) is 9.84 Å². The van der Waals surface area contributed by atoms with E-state index in [9.17, 15) is 9.90 Å². The van der Waals surface area contributed by atoms with E-state index in [1.165, 1.54) is 10.7 Å². The minimum atomic E-state index is -1.04. The molecule has 2 heterocycles. The number of aryl methyl sites for hydroxylation is 1. The molecule has 0 bridgehead atoms. The molecule has 0 spiro atoms. The van der Waals surface area contributed by atoms with Gasteiger partial charge in [-0.3, -0.25) is 4.68 Å². The van der Waals surface area contributed by atoms with Crippen LogP contribution in [0.4, 0.5) is 4.79 Å². The Hall–Kier alpha value is -1.60. The van der Waals surface area contributed by atoms with Crippen LogP contribution in [0, 0.1) is 0 Å². The first-order valence-electron chi connectivity index (χ1n) is 4.33. The number of rotatable bonds is 2. The molecule has 1 fully saturated rings. The van der Waals surface area contributed by atoms with Gasteiger partial charge in [0.25, 0.3) is 0 Å². The number of carbonyl (C=O) groups is 1. The molecule has 0 saturated carbocycles. The van der Waals surface area contributed by atoms with Gasteiger partial charge in [0.1, 0.15) is 0 Å². The zero-order chi connectivity index (χ0) is 11.1. The van der Waals surface area contributed by atoms with Crippen molar-refractivity contribution in [3.8, 4) is 5.88 Å². The zero-order valence-corrected chi connectivity index (χ0v) is 8.14. The van der Waals surface area contributed by atoms with E-state index < -0.39 is 11.7 Å². The highest BCUT2D eigenvalue weighted by atomic mass is 16.6. The van der Waals surface area contributed by atoms with Crippen LogP contribution in [-0.2, 0) is 17.4 Å². The lowest BCUT2D eigenvalue weighted by molar-refractivity contribution is -0.188. The molecule has 1 aromatic rings. The van der Waals surface area contributed by atoms with E-state index in [4.69, 9.17) is 10.5 Å². The second-order valence-corrected chi connectivity index (χ2v) is 3.44. The summed E-state index contributed by atoms with van der Waals surface area (Å²) in [5, 5.41) is 13.8. The summed E-state index contributed by atoms with van der Waals surface area (Å²) in [6.45, 7) is 0.422. The fourth-order valence-corrected chi connectivity index (χ4v) is 1.47. The smallest absolute Gasteiger partial charge is 0.390 e. The Balaban J connectivity index is 2.25. The average molecular weight is 213 g/mol. The van der Waals surface area contributed by atoms with Gasteiger partial charge >= 0.3 is 6.09 Å². The third-order valence-electron chi connectivity index (χ3n) is 2.22. The summed E-state index contributed by atoms with van der Waals surface area (Å²) in [6.07, 6.45) is -0.934. The van der Waals surface area contributed by atoms with E-state index >= 15 is 0 Å². The third kappa shape index (κ3) is 1.66. The lowest BCUT2D eigenvalue weighted by Gasteiger charge is -2.35. The molecule has 1 aromatic heterocycles. The molecule has 2 rings (SSSR count). The van der Waals surface area contributed by atoms with E-state index in [1.54, 1.807) is 7.05 Å². The first-order chi connectivity index (χ1) is 7.01. The van der Waals surface area contributed by atoms with Gasteiger partial charge in [-0.1, -0.05) is 0 Å². The molecule has 1 amide bonds. The Bertz CT molecular complexity index is 397. The monoisotopic (exact) mass is 213 g/mol. The van der Waals surface area contributed by atoms with Crippen LogP contribution in [0.1, 0.15) is 5.69 Å². The van der Waals surface area contributed by atoms with Crippen LogP contribution in [0.5, 0.6) is 5.88 Å². The van der Waals surface area contributed by atoms with Gasteiger partial charge in [0.2, 0.25) is 5.88 Å². The number of nitrogens with zero attached hydrogens (tertiary/aromatic N) is 2. The maximum atomic E-state index is 10.5. The van der Waals surface area contributed by atoms with Gasteiger partial charge in [-0.2, -0.15) is 0 Å². The van der Waals surface area contributed by atoms with Crippen LogP contribution in [0.25, 0.3) is 0 Å². The number of hydrogen-bond acceptors (Lipinski definition) is 5. The number of carbonyl (C=O) groups excluding carboxylic acids is 1. The zero-order valence-electron chi connectivity index (χ0n) is 8.14. The van der Waals surface area contributed by atoms with Crippen molar-refractivity contribution in [3.63, 3.8) is 0 Å². The summed E-state index contributed by atoms with van der Waals surface area (Å²) in [7, 11) is 1.64. The van der Waals surface area contributed by atoms with Crippen molar-refractivity contribution in [2.24, 2.45) is 12.8 Å². The quantitative estimate of drug-likeness (QED) is 0.662. The van der Waals surface area contributed by atoms with E-state index in [-0.39, 0.29) is 19.1 Å². The summed E-state index contributed by atoms with van der Waals surface area (Å²) >= 11 is 0. The predicted octanol–water partition coefficient (Wildman–Crippen LogP) is -0.905. The van der Waals surface area contributed by atoms with Crippen LogP contribution >= 0.6 is 0 Å². The largest absolute Gasteiger partial charge is 0.411 e. The summed E-state index contributed by atoms with van der Waals surface area (Å²) in [4.78, 5) is 10.5. The minimum Gasteiger partial charge on any atom is -0.390 e. The van der Waals surface area contributed by atoms with Crippen LogP contribution in [-0.4, -0.2) is 34.2 Å². The van der Waals surface area contributed by atoms with E-state index in [1.807, 2.05) is 0 Å². The second kappa shape index (κ2) is 3.21. The maximum Gasteiger partial charge on any atom is 0.411 e. The van der Waals surface area contributed by atoms with Crippen molar-refractivity contribution in [3.05, 3.63) is 11.8 Å². The molecule has 0 aromatic carbocycles. The number of hydrogen-bond donors (Lipinski definition) is 2. The van der Waals surface area contributed by atoms with Crippen molar-refractivity contribution in [1.29, 1.82) is 0 Å². The Kier molecular flexibility index (Phi) is 2.13. The van der Waals surface area contributed by atoms with Gasteiger partial charge in [-0.05, 0) is 0 Å².